The van der Waals surface area contributed by atoms with Gasteiger partial charge in [0, 0.05) is 25.1 Å². The van der Waals surface area contributed by atoms with Crippen molar-refractivity contribution in [3.8, 4) is 0 Å². The molecule has 2 aromatic rings. The Morgan fingerprint density at radius 2 is 1.88 bits per heavy atom. The number of hydrogen-bond acceptors (Lipinski definition) is 3. The van der Waals surface area contributed by atoms with Gasteiger partial charge >= 0.3 is 5.97 Å². The average Bonchev–Trinajstić information content (AvgIpc) is 2.41. The molecule has 2 N–H and O–H groups in total. The molecule has 2 rings (SSSR count). The van der Waals surface area contributed by atoms with Gasteiger partial charge in [-0.3, -0.25) is 4.98 Å². The molecule has 4 heteroatoms. The monoisotopic (exact) mass is 230 g/mol. The van der Waals surface area contributed by atoms with Crippen LogP contribution in [0.2, 0.25) is 0 Å². The van der Waals surface area contributed by atoms with Crippen LogP contribution in [-0.2, 0) is 0 Å². The molecule has 1 heterocycles. The van der Waals surface area contributed by atoms with Gasteiger partial charge in [-0.1, -0.05) is 18.2 Å². The lowest BCUT2D eigenvalue weighted by Gasteiger charge is -1.94. The minimum Gasteiger partial charge on any atom is -0.478 e. The molecule has 4 nitrogen and oxygen atoms in total. The molecule has 0 aliphatic heterocycles. The highest BCUT2D eigenvalue weighted by molar-refractivity contribution is 5.86. The first-order valence-corrected chi connectivity index (χ1v) is 5.10. The van der Waals surface area contributed by atoms with Crippen molar-refractivity contribution in [1.82, 2.24) is 4.98 Å². The highest BCUT2D eigenvalue weighted by Gasteiger charge is 1.97. The Bertz CT molecular complexity index is 443. The lowest BCUT2D eigenvalue weighted by Crippen LogP contribution is -1.94. The molecule has 0 saturated carbocycles. The summed E-state index contributed by atoms with van der Waals surface area (Å²) in [5.41, 5.74) is 1.38. The molecule has 0 unspecified atom stereocenters. The van der Waals surface area contributed by atoms with Crippen molar-refractivity contribution in [2.75, 3.05) is 12.4 Å². The molecule has 0 aliphatic rings. The van der Waals surface area contributed by atoms with Gasteiger partial charge in [-0.15, -0.1) is 0 Å². The van der Waals surface area contributed by atoms with Crippen molar-refractivity contribution in [1.29, 1.82) is 0 Å². The number of carboxylic acid groups (broad SMARTS) is 1. The maximum absolute atomic E-state index is 10.2. The molecular formula is C13H14N2O2. The molecule has 0 bridgehead atoms. The molecule has 0 fully saturated rings. The standard InChI is InChI=1S/C7H9N.C6H5NO2/c1-8-7-5-3-2-4-6-7;8-6(9)5-2-1-3-7-4-5/h2-6,8H,1H3;1-4H,(H,8,9). The van der Waals surface area contributed by atoms with E-state index >= 15 is 0 Å². The molecule has 0 atom stereocenters. The summed E-state index contributed by atoms with van der Waals surface area (Å²) in [6.07, 6.45) is 2.84. The van der Waals surface area contributed by atoms with Crippen LogP contribution in [0.25, 0.3) is 0 Å². The van der Waals surface area contributed by atoms with E-state index in [2.05, 4.69) is 10.3 Å². The number of pyridine rings is 1. The molecule has 0 saturated heterocycles. The fraction of sp³-hybridized carbons (Fsp3) is 0.0769. The minimum atomic E-state index is -0.942. The summed E-state index contributed by atoms with van der Waals surface area (Å²) in [7, 11) is 1.91. The molecular weight excluding hydrogens is 216 g/mol. The lowest BCUT2D eigenvalue weighted by molar-refractivity contribution is 0.0696. The smallest absolute Gasteiger partial charge is 0.337 e. The van der Waals surface area contributed by atoms with Crippen LogP contribution in [0.1, 0.15) is 10.4 Å². The van der Waals surface area contributed by atoms with Gasteiger partial charge in [0.05, 0.1) is 5.56 Å². The maximum Gasteiger partial charge on any atom is 0.337 e. The Kier molecular flexibility index (Phi) is 5.24. The van der Waals surface area contributed by atoms with E-state index in [4.69, 9.17) is 5.11 Å². The van der Waals surface area contributed by atoms with E-state index in [0.717, 1.165) is 5.69 Å². The molecule has 1 aromatic heterocycles. The van der Waals surface area contributed by atoms with Crippen LogP contribution in [0.3, 0.4) is 0 Å². The molecule has 1 aromatic carbocycles. The zero-order valence-electron chi connectivity index (χ0n) is 9.50. The van der Waals surface area contributed by atoms with E-state index in [1.165, 1.54) is 18.5 Å². The number of rotatable bonds is 2. The van der Waals surface area contributed by atoms with Crippen LogP contribution < -0.4 is 5.32 Å². The van der Waals surface area contributed by atoms with Crippen LogP contribution in [-0.4, -0.2) is 23.1 Å². The number of carbonyl (C=O) groups is 1. The van der Waals surface area contributed by atoms with Gasteiger partial charge < -0.3 is 10.4 Å². The van der Waals surface area contributed by atoms with Crippen molar-refractivity contribution in [3.05, 3.63) is 60.4 Å². The summed E-state index contributed by atoms with van der Waals surface area (Å²) in [4.78, 5) is 13.8. The Labute approximate surface area is 99.9 Å². The predicted molar refractivity (Wildman–Crippen MR) is 67.2 cm³/mol. The highest BCUT2D eigenvalue weighted by Crippen LogP contribution is 2.01. The molecule has 0 radical (unpaired) electrons. The Balaban J connectivity index is 0.000000171. The SMILES string of the molecule is CNc1ccccc1.O=C(O)c1cccnc1. The van der Waals surface area contributed by atoms with Gasteiger partial charge in [0.2, 0.25) is 0 Å². The average molecular weight is 230 g/mol. The van der Waals surface area contributed by atoms with E-state index in [1.54, 1.807) is 6.07 Å². The number of carboxylic acids is 1. The Morgan fingerprint density at radius 3 is 2.24 bits per heavy atom. The fourth-order valence-corrected chi connectivity index (χ4v) is 1.09. The van der Waals surface area contributed by atoms with Crippen LogP contribution in [0.5, 0.6) is 0 Å². The third-order valence-corrected chi connectivity index (χ3v) is 1.97. The number of aromatic carboxylic acids is 1. The van der Waals surface area contributed by atoms with Crippen LogP contribution in [0, 0.1) is 0 Å². The largest absolute Gasteiger partial charge is 0.478 e. The number of nitrogens with zero attached hydrogens (tertiary/aromatic N) is 1. The van der Waals surface area contributed by atoms with E-state index in [0.29, 0.717) is 0 Å². The quantitative estimate of drug-likeness (QED) is 0.832. The summed E-state index contributed by atoms with van der Waals surface area (Å²) in [5.74, 6) is -0.942. The van der Waals surface area contributed by atoms with Gasteiger partial charge in [-0.25, -0.2) is 4.79 Å². The van der Waals surface area contributed by atoms with Gasteiger partial charge in [0.15, 0.2) is 0 Å². The van der Waals surface area contributed by atoms with Gasteiger partial charge in [-0.05, 0) is 24.3 Å². The van der Waals surface area contributed by atoms with Gasteiger partial charge in [0.1, 0.15) is 0 Å². The van der Waals surface area contributed by atoms with Crippen molar-refractivity contribution in [2.24, 2.45) is 0 Å². The minimum absolute atomic E-state index is 0.220. The first kappa shape index (κ1) is 12.7. The van der Waals surface area contributed by atoms with E-state index in [-0.39, 0.29) is 5.56 Å². The second-order valence-corrected chi connectivity index (χ2v) is 3.16. The summed E-state index contributed by atoms with van der Waals surface area (Å²) >= 11 is 0. The first-order valence-electron chi connectivity index (χ1n) is 5.10. The Morgan fingerprint density at radius 1 is 1.18 bits per heavy atom. The topological polar surface area (TPSA) is 62.2 Å². The Hall–Kier alpha value is -2.36. The second kappa shape index (κ2) is 7.00. The zero-order valence-corrected chi connectivity index (χ0v) is 9.50. The maximum atomic E-state index is 10.2. The predicted octanol–water partition coefficient (Wildman–Crippen LogP) is 2.51. The van der Waals surface area contributed by atoms with Crippen LogP contribution in [0.15, 0.2) is 54.9 Å². The third kappa shape index (κ3) is 4.79. The number of para-hydroxylation sites is 1. The lowest BCUT2D eigenvalue weighted by atomic mass is 10.3. The molecule has 0 amide bonds. The number of nitrogens with one attached hydrogen (secondary N) is 1. The molecule has 0 aliphatic carbocycles. The van der Waals surface area contributed by atoms with E-state index in [1.807, 2.05) is 37.4 Å². The third-order valence-electron chi connectivity index (χ3n) is 1.97. The molecule has 88 valence electrons. The van der Waals surface area contributed by atoms with Crippen LogP contribution in [0.4, 0.5) is 5.69 Å². The number of anilines is 1. The highest BCUT2D eigenvalue weighted by atomic mass is 16.4. The summed E-state index contributed by atoms with van der Waals surface area (Å²) in [6.45, 7) is 0. The van der Waals surface area contributed by atoms with E-state index < -0.39 is 5.97 Å². The molecule has 0 spiro atoms. The van der Waals surface area contributed by atoms with Crippen molar-refractivity contribution in [2.45, 2.75) is 0 Å². The number of hydrogen-bond donors (Lipinski definition) is 2. The van der Waals surface area contributed by atoms with Gasteiger partial charge in [0.25, 0.3) is 0 Å². The summed E-state index contributed by atoms with van der Waals surface area (Å²) < 4.78 is 0. The fourth-order valence-electron chi connectivity index (χ4n) is 1.09. The molecule has 17 heavy (non-hydrogen) atoms. The first-order chi connectivity index (χ1) is 8.24. The zero-order chi connectivity index (χ0) is 12.5. The van der Waals surface area contributed by atoms with E-state index in [9.17, 15) is 4.79 Å². The summed E-state index contributed by atoms with van der Waals surface area (Å²) in [6, 6.07) is 13.2. The van der Waals surface area contributed by atoms with Crippen molar-refractivity contribution < 1.29 is 9.90 Å². The van der Waals surface area contributed by atoms with Crippen molar-refractivity contribution >= 4 is 11.7 Å². The van der Waals surface area contributed by atoms with Crippen molar-refractivity contribution in [3.63, 3.8) is 0 Å². The summed E-state index contributed by atoms with van der Waals surface area (Å²) in [5, 5.41) is 11.4. The van der Waals surface area contributed by atoms with Crippen LogP contribution >= 0.6 is 0 Å². The second-order valence-electron chi connectivity index (χ2n) is 3.16. The normalized spacial score (nSPS) is 8.76. The number of aromatic nitrogens is 1. The number of benzene rings is 1. The van der Waals surface area contributed by atoms with Gasteiger partial charge in [-0.2, -0.15) is 0 Å².